The van der Waals surface area contributed by atoms with Gasteiger partial charge in [0.15, 0.2) is 0 Å². The van der Waals surface area contributed by atoms with Gasteiger partial charge in [-0.3, -0.25) is 14.7 Å². The molecule has 2 aromatic rings. The Morgan fingerprint density at radius 3 is 3.00 bits per heavy atom. The molecule has 1 aromatic heterocycles. The fourth-order valence-corrected chi connectivity index (χ4v) is 1.88. The Kier molecular flexibility index (Phi) is 3.89. The Labute approximate surface area is 106 Å². The van der Waals surface area contributed by atoms with Crippen LogP contribution in [0.5, 0.6) is 0 Å². The van der Waals surface area contributed by atoms with E-state index in [1.807, 2.05) is 36.2 Å². The molecule has 0 unspecified atom stereocenters. The van der Waals surface area contributed by atoms with Gasteiger partial charge in [0.05, 0.1) is 19.2 Å². The van der Waals surface area contributed by atoms with Gasteiger partial charge in [-0.25, -0.2) is 0 Å². The lowest BCUT2D eigenvalue weighted by molar-refractivity contribution is -0.141. The molecule has 0 radical (unpaired) electrons. The maximum absolute atomic E-state index is 11.2. The van der Waals surface area contributed by atoms with E-state index in [2.05, 4.69) is 15.8 Å². The Bertz CT molecular complexity index is 554. The van der Waals surface area contributed by atoms with Crippen LogP contribution in [0.2, 0.25) is 0 Å². The first-order valence-electron chi connectivity index (χ1n) is 5.78. The minimum atomic E-state index is -0.222. The van der Waals surface area contributed by atoms with Gasteiger partial charge in [-0.2, -0.15) is 0 Å². The second-order valence-corrected chi connectivity index (χ2v) is 4.28. The molecule has 1 aromatic carbocycles. The van der Waals surface area contributed by atoms with Crippen LogP contribution in [-0.2, 0) is 16.1 Å². The predicted molar refractivity (Wildman–Crippen MR) is 70.1 cm³/mol. The van der Waals surface area contributed by atoms with E-state index >= 15 is 0 Å². The summed E-state index contributed by atoms with van der Waals surface area (Å²) in [5.74, 6) is -0.222. The number of carbonyl (C=O) groups is 1. The van der Waals surface area contributed by atoms with Gasteiger partial charge < -0.3 is 4.74 Å². The quantitative estimate of drug-likeness (QED) is 0.770. The van der Waals surface area contributed by atoms with Crippen molar-refractivity contribution in [1.82, 2.24) is 9.88 Å². The molecule has 0 saturated carbocycles. The fourth-order valence-electron chi connectivity index (χ4n) is 1.88. The molecule has 0 bridgehead atoms. The van der Waals surface area contributed by atoms with Gasteiger partial charge in [0.2, 0.25) is 0 Å². The summed E-state index contributed by atoms with van der Waals surface area (Å²) in [6.45, 7) is 1.00. The van der Waals surface area contributed by atoms with Crippen LogP contribution in [0.3, 0.4) is 0 Å². The summed E-state index contributed by atoms with van der Waals surface area (Å²) < 4.78 is 4.64. The summed E-state index contributed by atoms with van der Waals surface area (Å²) in [6, 6.07) is 10.1. The normalized spacial score (nSPS) is 10.8. The highest BCUT2D eigenvalue weighted by atomic mass is 16.5. The third kappa shape index (κ3) is 3.05. The van der Waals surface area contributed by atoms with Crippen LogP contribution in [0.4, 0.5) is 0 Å². The lowest BCUT2D eigenvalue weighted by atomic mass is 10.1. The lowest BCUT2D eigenvalue weighted by Crippen LogP contribution is -2.26. The molecule has 0 fully saturated rings. The van der Waals surface area contributed by atoms with Crippen LogP contribution < -0.4 is 0 Å². The number of esters is 1. The van der Waals surface area contributed by atoms with Gasteiger partial charge in [-0.15, -0.1) is 0 Å². The van der Waals surface area contributed by atoms with Crippen LogP contribution in [0.25, 0.3) is 10.9 Å². The maximum Gasteiger partial charge on any atom is 0.319 e. The summed E-state index contributed by atoms with van der Waals surface area (Å²) in [5, 5.41) is 1.11. The van der Waals surface area contributed by atoms with Crippen molar-refractivity contribution < 1.29 is 9.53 Å². The molecule has 0 atom stereocenters. The number of fused-ring (bicyclic) bond motifs is 1. The third-order valence-corrected chi connectivity index (χ3v) is 2.75. The smallest absolute Gasteiger partial charge is 0.319 e. The van der Waals surface area contributed by atoms with E-state index in [1.54, 1.807) is 6.20 Å². The van der Waals surface area contributed by atoms with Gasteiger partial charge in [-0.1, -0.05) is 12.1 Å². The molecule has 4 heteroatoms. The second kappa shape index (κ2) is 5.60. The summed E-state index contributed by atoms with van der Waals surface area (Å²) >= 11 is 0. The van der Waals surface area contributed by atoms with E-state index in [4.69, 9.17) is 0 Å². The molecule has 94 valence electrons. The molecular formula is C14H16N2O2. The number of hydrogen-bond acceptors (Lipinski definition) is 4. The van der Waals surface area contributed by atoms with E-state index in [1.165, 1.54) is 7.11 Å². The molecule has 0 aliphatic carbocycles. The number of carbonyl (C=O) groups excluding carboxylic acids is 1. The number of nitrogens with zero attached hydrogens (tertiary/aromatic N) is 2. The SMILES string of the molecule is COC(=O)CN(C)Cc1ccc2ncccc2c1. The minimum Gasteiger partial charge on any atom is -0.468 e. The van der Waals surface area contributed by atoms with Crippen molar-refractivity contribution in [1.29, 1.82) is 0 Å². The first-order chi connectivity index (χ1) is 8.69. The summed E-state index contributed by atoms with van der Waals surface area (Å²) in [6.07, 6.45) is 1.78. The number of ether oxygens (including phenoxy) is 1. The van der Waals surface area contributed by atoms with Gasteiger partial charge in [-0.05, 0) is 30.8 Å². The number of hydrogen-bond donors (Lipinski definition) is 0. The van der Waals surface area contributed by atoms with Gasteiger partial charge in [0, 0.05) is 18.1 Å². The number of pyridine rings is 1. The number of rotatable bonds is 4. The standard InChI is InChI=1S/C14H16N2O2/c1-16(10-14(17)18-2)9-11-5-6-13-12(8-11)4-3-7-15-13/h3-8H,9-10H2,1-2H3. The molecular weight excluding hydrogens is 228 g/mol. The zero-order valence-corrected chi connectivity index (χ0v) is 10.6. The van der Waals surface area contributed by atoms with E-state index in [0.717, 1.165) is 16.5 Å². The molecule has 0 N–H and O–H groups in total. The van der Waals surface area contributed by atoms with Crippen LogP contribution in [0, 0.1) is 0 Å². The summed E-state index contributed by atoms with van der Waals surface area (Å²) in [7, 11) is 3.29. The van der Waals surface area contributed by atoms with Gasteiger partial charge in [0.1, 0.15) is 0 Å². The molecule has 0 amide bonds. The van der Waals surface area contributed by atoms with Crippen LogP contribution >= 0.6 is 0 Å². The zero-order valence-electron chi connectivity index (χ0n) is 10.6. The first-order valence-corrected chi connectivity index (χ1v) is 5.78. The van der Waals surface area contributed by atoms with E-state index in [9.17, 15) is 4.79 Å². The summed E-state index contributed by atoms with van der Waals surface area (Å²) in [4.78, 5) is 17.3. The average Bonchev–Trinajstić information content (AvgIpc) is 2.38. The molecule has 0 saturated heterocycles. The van der Waals surface area contributed by atoms with Crippen molar-refractivity contribution in [3.63, 3.8) is 0 Å². The predicted octanol–water partition coefficient (Wildman–Crippen LogP) is 1.84. The van der Waals surface area contributed by atoms with Crippen molar-refractivity contribution in [3.8, 4) is 0 Å². The average molecular weight is 244 g/mol. The van der Waals surface area contributed by atoms with Gasteiger partial charge >= 0.3 is 5.97 Å². The highest BCUT2D eigenvalue weighted by molar-refractivity contribution is 5.78. The van der Waals surface area contributed by atoms with Crippen LogP contribution in [0.15, 0.2) is 36.5 Å². The topological polar surface area (TPSA) is 42.4 Å². The molecule has 1 heterocycles. The monoisotopic (exact) mass is 244 g/mol. The van der Waals surface area contributed by atoms with E-state index < -0.39 is 0 Å². The number of likely N-dealkylation sites (N-methyl/N-ethyl adjacent to an activating group) is 1. The van der Waals surface area contributed by atoms with E-state index in [0.29, 0.717) is 13.1 Å². The molecule has 2 rings (SSSR count). The third-order valence-electron chi connectivity index (χ3n) is 2.75. The van der Waals surface area contributed by atoms with Gasteiger partial charge in [0.25, 0.3) is 0 Å². The number of methoxy groups -OCH3 is 1. The molecule has 0 spiro atoms. The van der Waals surface area contributed by atoms with Crippen LogP contribution in [-0.4, -0.2) is 36.6 Å². The Balaban J connectivity index is 2.09. The fraction of sp³-hybridized carbons (Fsp3) is 0.286. The molecule has 0 aliphatic rings. The Hall–Kier alpha value is -1.94. The van der Waals surface area contributed by atoms with E-state index in [-0.39, 0.29) is 5.97 Å². The maximum atomic E-state index is 11.2. The van der Waals surface area contributed by atoms with Crippen molar-refractivity contribution in [3.05, 3.63) is 42.1 Å². The number of benzene rings is 1. The molecule has 18 heavy (non-hydrogen) atoms. The van der Waals surface area contributed by atoms with Crippen molar-refractivity contribution >= 4 is 16.9 Å². The highest BCUT2D eigenvalue weighted by Crippen LogP contribution is 2.14. The molecule has 0 aliphatic heterocycles. The van der Waals surface area contributed by atoms with Crippen molar-refractivity contribution in [2.24, 2.45) is 0 Å². The Morgan fingerprint density at radius 2 is 2.22 bits per heavy atom. The molecule has 4 nitrogen and oxygen atoms in total. The lowest BCUT2D eigenvalue weighted by Gasteiger charge is -2.15. The Morgan fingerprint density at radius 1 is 1.39 bits per heavy atom. The highest BCUT2D eigenvalue weighted by Gasteiger charge is 2.07. The van der Waals surface area contributed by atoms with Crippen LogP contribution in [0.1, 0.15) is 5.56 Å². The van der Waals surface area contributed by atoms with Crippen molar-refractivity contribution in [2.45, 2.75) is 6.54 Å². The zero-order chi connectivity index (χ0) is 13.0. The first kappa shape index (κ1) is 12.5. The summed E-state index contributed by atoms with van der Waals surface area (Å²) in [5.41, 5.74) is 2.14. The minimum absolute atomic E-state index is 0.222. The number of aromatic nitrogens is 1. The van der Waals surface area contributed by atoms with Crippen molar-refractivity contribution in [2.75, 3.05) is 20.7 Å². The second-order valence-electron chi connectivity index (χ2n) is 4.28. The largest absolute Gasteiger partial charge is 0.468 e.